The Morgan fingerprint density at radius 1 is 1.43 bits per heavy atom. The van der Waals surface area contributed by atoms with E-state index in [1.165, 1.54) is 11.3 Å². The molecule has 0 amide bonds. The minimum absolute atomic E-state index is 0.0563. The fraction of sp³-hybridized carbons (Fsp3) is 0.571. The van der Waals surface area contributed by atoms with Crippen molar-refractivity contribution in [3.8, 4) is 0 Å². The van der Waals surface area contributed by atoms with Crippen molar-refractivity contribution in [2.24, 2.45) is 12.9 Å². The van der Waals surface area contributed by atoms with Crippen molar-refractivity contribution in [3.63, 3.8) is 0 Å². The smallest absolute Gasteiger partial charge is 0.0709 e. The molecular formula is C14H23BrN6. The Kier molecular flexibility index (Phi) is 5.18. The Balaban J connectivity index is 2.18. The van der Waals surface area contributed by atoms with E-state index in [0.717, 1.165) is 35.2 Å². The number of halogens is 1. The average molecular weight is 355 g/mol. The van der Waals surface area contributed by atoms with Gasteiger partial charge in [0, 0.05) is 19.3 Å². The fourth-order valence-electron chi connectivity index (χ4n) is 2.74. The predicted molar refractivity (Wildman–Crippen MR) is 86.7 cm³/mol. The zero-order valence-corrected chi connectivity index (χ0v) is 14.6. The molecule has 0 aliphatic heterocycles. The van der Waals surface area contributed by atoms with Gasteiger partial charge in [-0.05, 0) is 55.1 Å². The van der Waals surface area contributed by atoms with Crippen LogP contribution in [0.1, 0.15) is 42.0 Å². The van der Waals surface area contributed by atoms with Crippen LogP contribution < -0.4 is 11.3 Å². The quantitative estimate of drug-likeness (QED) is 0.615. The van der Waals surface area contributed by atoms with Gasteiger partial charge in [0.15, 0.2) is 0 Å². The maximum Gasteiger partial charge on any atom is 0.0709 e. The lowest BCUT2D eigenvalue weighted by Crippen LogP contribution is -2.30. The lowest BCUT2D eigenvalue weighted by atomic mass is 10.0. The maximum absolute atomic E-state index is 5.77. The second-order valence-electron chi connectivity index (χ2n) is 5.22. The van der Waals surface area contributed by atoms with Gasteiger partial charge in [-0.2, -0.15) is 10.2 Å². The molecule has 21 heavy (non-hydrogen) atoms. The first-order valence-electron chi connectivity index (χ1n) is 7.16. The molecule has 1 atom stereocenters. The topological polar surface area (TPSA) is 73.7 Å². The largest absolute Gasteiger partial charge is 0.272 e. The second kappa shape index (κ2) is 6.72. The molecule has 0 saturated carbocycles. The molecule has 0 aliphatic carbocycles. The van der Waals surface area contributed by atoms with Gasteiger partial charge in [0.2, 0.25) is 0 Å². The van der Waals surface area contributed by atoms with E-state index in [2.05, 4.69) is 52.3 Å². The minimum Gasteiger partial charge on any atom is -0.272 e. The zero-order chi connectivity index (χ0) is 15.6. The van der Waals surface area contributed by atoms with Crippen LogP contribution in [0.3, 0.4) is 0 Å². The molecule has 0 radical (unpaired) electrons. The Morgan fingerprint density at radius 2 is 2.14 bits per heavy atom. The van der Waals surface area contributed by atoms with Gasteiger partial charge in [-0.15, -0.1) is 0 Å². The van der Waals surface area contributed by atoms with Gasteiger partial charge in [-0.1, -0.05) is 0 Å². The zero-order valence-electron chi connectivity index (χ0n) is 13.0. The maximum atomic E-state index is 5.77. The summed E-state index contributed by atoms with van der Waals surface area (Å²) in [5.41, 5.74) is 7.62. The van der Waals surface area contributed by atoms with Gasteiger partial charge in [-0.25, -0.2) is 0 Å². The number of hydrogen-bond donors (Lipinski definition) is 2. The normalized spacial score (nSPS) is 12.9. The molecule has 3 N–H and O–H groups in total. The Hall–Kier alpha value is -1.18. The average Bonchev–Trinajstić information content (AvgIpc) is 2.94. The van der Waals surface area contributed by atoms with E-state index in [4.69, 9.17) is 5.84 Å². The Morgan fingerprint density at radius 3 is 2.67 bits per heavy atom. The summed E-state index contributed by atoms with van der Waals surface area (Å²) in [4.78, 5) is 0. The Bertz CT molecular complexity index is 615. The first kappa shape index (κ1) is 16.2. The molecular weight excluding hydrogens is 332 g/mol. The number of hydrogen-bond acceptors (Lipinski definition) is 4. The van der Waals surface area contributed by atoms with E-state index in [-0.39, 0.29) is 6.04 Å². The van der Waals surface area contributed by atoms with E-state index in [9.17, 15) is 0 Å². The second-order valence-corrected chi connectivity index (χ2v) is 6.08. The highest BCUT2D eigenvalue weighted by Gasteiger charge is 2.20. The van der Waals surface area contributed by atoms with Crippen LogP contribution in [0.15, 0.2) is 10.7 Å². The van der Waals surface area contributed by atoms with Crippen molar-refractivity contribution in [2.45, 2.75) is 46.2 Å². The van der Waals surface area contributed by atoms with Crippen molar-refractivity contribution < 1.29 is 0 Å². The molecule has 116 valence electrons. The summed E-state index contributed by atoms with van der Waals surface area (Å²) in [6.45, 7) is 7.06. The molecule has 7 heteroatoms. The van der Waals surface area contributed by atoms with Crippen LogP contribution in [-0.2, 0) is 20.0 Å². The van der Waals surface area contributed by atoms with Crippen LogP contribution in [0.25, 0.3) is 0 Å². The van der Waals surface area contributed by atoms with Gasteiger partial charge in [0.25, 0.3) is 0 Å². The van der Waals surface area contributed by atoms with Gasteiger partial charge in [0.05, 0.1) is 28.1 Å². The van der Waals surface area contributed by atoms with Gasteiger partial charge >= 0.3 is 0 Å². The van der Waals surface area contributed by atoms with Crippen LogP contribution in [0.4, 0.5) is 0 Å². The number of aryl methyl sites for hydroxylation is 3. The van der Waals surface area contributed by atoms with Crippen LogP contribution in [0, 0.1) is 13.8 Å². The number of hydrazine groups is 1. The first-order valence-corrected chi connectivity index (χ1v) is 7.95. The van der Waals surface area contributed by atoms with E-state index in [0.29, 0.717) is 0 Å². The molecule has 6 nitrogen and oxygen atoms in total. The molecule has 0 saturated heterocycles. The molecule has 0 spiro atoms. The number of rotatable bonds is 6. The predicted octanol–water partition coefficient (Wildman–Crippen LogP) is 2.15. The number of nitrogens with one attached hydrogen (secondary N) is 1. The lowest BCUT2D eigenvalue weighted by molar-refractivity contribution is 0.464. The third-order valence-electron chi connectivity index (χ3n) is 4.01. The lowest BCUT2D eigenvalue weighted by Gasteiger charge is -2.18. The van der Waals surface area contributed by atoms with Crippen molar-refractivity contribution in [2.75, 3.05) is 0 Å². The first-order chi connectivity index (χ1) is 9.99. The van der Waals surface area contributed by atoms with Crippen molar-refractivity contribution in [1.29, 1.82) is 0 Å². The van der Waals surface area contributed by atoms with Gasteiger partial charge in [-0.3, -0.25) is 20.6 Å². The number of aromatic nitrogens is 4. The third kappa shape index (κ3) is 3.20. The number of nitrogens with zero attached hydrogens (tertiary/aromatic N) is 4. The van der Waals surface area contributed by atoms with Crippen molar-refractivity contribution in [3.05, 3.63) is 33.3 Å². The molecule has 2 rings (SSSR count). The van der Waals surface area contributed by atoms with Crippen LogP contribution in [0.5, 0.6) is 0 Å². The highest BCUT2D eigenvalue weighted by Crippen LogP contribution is 2.27. The highest BCUT2D eigenvalue weighted by molar-refractivity contribution is 9.10. The molecule has 0 bridgehead atoms. The third-order valence-corrected chi connectivity index (χ3v) is 4.62. The summed E-state index contributed by atoms with van der Waals surface area (Å²) in [5.74, 6) is 5.77. The molecule has 0 fully saturated rings. The molecule has 2 aromatic heterocycles. The summed E-state index contributed by atoms with van der Waals surface area (Å²) in [6, 6.07) is 0.0563. The summed E-state index contributed by atoms with van der Waals surface area (Å²) < 4.78 is 4.89. The molecule has 1 unspecified atom stereocenters. The summed E-state index contributed by atoms with van der Waals surface area (Å²) in [5, 5.41) is 8.82. The van der Waals surface area contributed by atoms with E-state index in [1.54, 1.807) is 0 Å². The fourth-order valence-corrected chi connectivity index (χ4v) is 3.31. The number of nitrogens with two attached hydrogens (primary N) is 1. The van der Waals surface area contributed by atoms with Crippen molar-refractivity contribution in [1.82, 2.24) is 25.0 Å². The van der Waals surface area contributed by atoms with E-state index >= 15 is 0 Å². The summed E-state index contributed by atoms with van der Waals surface area (Å²) in [7, 11) is 1.98. The van der Waals surface area contributed by atoms with Crippen LogP contribution in [-0.4, -0.2) is 19.6 Å². The van der Waals surface area contributed by atoms with Crippen LogP contribution >= 0.6 is 15.9 Å². The van der Waals surface area contributed by atoms with E-state index in [1.807, 2.05) is 22.6 Å². The standard InChI is InChI=1S/C14H23BrN6/c1-5-21-14(12(15)8-17-21)13(18-16)7-6-11-9(2)19-20(4)10(11)3/h8,13,18H,5-7,16H2,1-4H3. The molecule has 2 aromatic rings. The SMILES string of the molecule is CCn1ncc(Br)c1C(CCc1c(C)nn(C)c1C)NN. The Labute approximate surface area is 133 Å². The summed E-state index contributed by atoms with van der Waals surface area (Å²) >= 11 is 3.56. The molecule has 0 aromatic carbocycles. The minimum atomic E-state index is 0.0563. The summed E-state index contributed by atoms with van der Waals surface area (Å²) in [6.07, 6.45) is 3.65. The van der Waals surface area contributed by atoms with Gasteiger partial charge in [0.1, 0.15) is 0 Å². The monoisotopic (exact) mass is 354 g/mol. The molecule has 0 aliphatic rings. The van der Waals surface area contributed by atoms with Gasteiger partial charge < -0.3 is 0 Å². The molecule has 2 heterocycles. The highest BCUT2D eigenvalue weighted by atomic mass is 79.9. The van der Waals surface area contributed by atoms with Crippen LogP contribution in [0.2, 0.25) is 0 Å². The van der Waals surface area contributed by atoms with E-state index < -0.39 is 0 Å². The van der Waals surface area contributed by atoms with Crippen molar-refractivity contribution >= 4 is 15.9 Å².